The Labute approximate surface area is 107 Å². The van der Waals surface area contributed by atoms with Crippen molar-refractivity contribution in [3.63, 3.8) is 0 Å². The second-order valence-electron chi connectivity index (χ2n) is 3.93. The molecule has 0 saturated carbocycles. The van der Waals surface area contributed by atoms with Crippen LogP contribution in [0.2, 0.25) is 0 Å². The highest BCUT2D eigenvalue weighted by atomic mass is 16.5. The summed E-state index contributed by atoms with van der Waals surface area (Å²) in [5.74, 6) is 2.64. The Balaban J connectivity index is 2.57. The molecule has 4 heteroatoms. The van der Waals surface area contributed by atoms with Crippen molar-refractivity contribution < 1.29 is 14.6 Å². The predicted octanol–water partition coefficient (Wildman–Crippen LogP) is 1.26. The number of hydrogen-bond acceptors (Lipinski definition) is 3. The zero-order chi connectivity index (χ0) is 13.5. The summed E-state index contributed by atoms with van der Waals surface area (Å²) >= 11 is 0. The zero-order valence-corrected chi connectivity index (χ0v) is 10.5. The van der Waals surface area contributed by atoms with Crippen molar-refractivity contribution >= 4 is 5.91 Å². The van der Waals surface area contributed by atoms with Gasteiger partial charge < -0.3 is 15.2 Å². The van der Waals surface area contributed by atoms with Crippen molar-refractivity contribution in [3.8, 4) is 18.1 Å². The average molecular weight is 247 g/mol. The fourth-order valence-electron chi connectivity index (χ4n) is 1.36. The summed E-state index contributed by atoms with van der Waals surface area (Å²) in [5, 5.41) is 11.9. The molecule has 0 aromatic heterocycles. The molecule has 96 valence electrons. The van der Waals surface area contributed by atoms with E-state index in [1.807, 2.05) is 0 Å². The third-order valence-corrected chi connectivity index (χ3v) is 2.41. The van der Waals surface area contributed by atoms with Crippen LogP contribution in [0.1, 0.15) is 25.5 Å². The molecule has 0 heterocycles. The van der Waals surface area contributed by atoms with Gasteiger partial charge in [0.2, 0.25) is 0 Å². The number of carbonyl (C=O) groups is 1. The Morgan fingerprint density at radius 1 is 1.44 bits per heavy atom. The van der Waals surface area contributed by atoms with E-state index in [2.05, 4.69) is 11.2 Å². The van der Waals surface area contributed by atoms with Crippen molar-refractivity contribution in [2.24, 2.45) is 0 Å². The third kappa shape index (κ3) is 4.11. The molecule has 0 bridgehead atoms. The fraction of sp³-hybridized carbons (Fsp3) is 0.357. The lowest BCUT2D eigenvalue weighted by atomic mass is 10.1. The van der Waals surface area contributed by atoms with E-state index in [0.29, 0.717) is 5.75 Å². The molecule has 1 amide bonds. The molecule has 0 aliphatic carbocycles. The summed E-state index contributed by atoms with van der Waals surface area (Å²) in [6.07, 6.45) is 3.91. The van der Waals surface area contributed by atoms with E-state index in [-0.39, 0.29) is 12.5 Å². The minimum atomic E-state index is -0.615. The van der Waals surface area contributed by atoms with Crippen molar-refractivity contribution in [1.29, 1.82) is 0 Å². The van der Waals surface area contributed by atoms with Gasteiger partial charge in [0.15, 0.2) is 6.10 Å². The van der Waals surface area contributed by atoms with Crippen molar-refractivity contribution in [3.05, 3.63) is 29.8 Å². The second kappa shape index (κ2) is 6.67. The molecule has 2 N–H and O–H groups in total. The SMILES string of the molecule is C#CCNC(=O)C(C)Oc1ccc([C@H](C)O)cc1. The molecule has 0 radical (unpaired) electrons. The lowest BCUT2D eigenvalue weighted by molar-refractivity contribution is -0.126. The Hall–Kier alpha value is -1.99. The highest BCUT2D eigenvalue weighted by Gasteiger charge is 2.13. The van der Waals surface area contributed by atoms with Crippen LogP contribution >= 0.6 is 0 Å². The summed E-state index contributed by atoms with van der Waals surface area (Å²) < 4.78 is 5.45. The molecule has 1 rings (SSSR count). The van der Waals surface area contributed by atoms with Crippen LogP contribution in [0.25, 0.3) is 0 Å². The smallest absolute Gasteiger partial charge is 0.261 e. The Morgan fingerprint density at radius 2 is 2.06 bits per heavy atom. The molecule has 18 heavy (non-hydrogen) atoms. The minimum absolute atomic E-state index is 0.188. The number of terminal acetylenes is 1. The highest BCUT2D eigenvalue weighted by Crippen LogP contribution is 2.18. The van der Waals surface area contributed by atoms with Gasteiger partial charge in [-0.1, -0.05) is 18.1 Å². The largest absolute Gasteiger partial charge is 0.481 e. The van der Waals surface area contributed by atoms with Crippen LogP contribution in [0.3, 0.4) is 0 Å². The normalized spacial score (nSPS) is 13.2. The number of hydrogen-bond donors (Lipinski definition) is 2. The quantitative estimate of drug-likeness (QED) is 0.770. The molecular weight excluding hydrogens is 230 g/mol. The first kappa shape index (κ1) is 14.1. The van der Waals surface area contributed by atoms with Gasteiger partial charge in [0.25, 0.3) is 5.91 Å². The van der Waals surface area contributed by atoms with E-state index in [9.17, 15) is 9.90 Å². The van der Waals surface area contributed by atoms with Gasteiger partial charge in [-0.3, -0.25) is 4.79 Å². The molecule has 2 atom stereocenters. The first-order chi connectivity index (χ1) is 8.54. The number of carbonyl (C=O) groups excluding carboxylic acids is 1. The number of aliphatic hydroxyl groups is 1. The number of nitrogens with one attached hydrogen (secondary N) is 1. The number of ether oxygens (including phenoxy) is 1. The van der Waals surface area contributed by atoms with E-state index >= 15 is 0 Å². The maximum absolute atomic E-state index is 11.5. The second-order valence-corrected chi connectivity index (χ2v) is 3.93. The standard InChI is InChI=1S/C14H17NO3/c1-4-9-15-14(17)11(3)18-13-7-5-12(6-8-13)10(2)16/h1,5-8,10-11,16H,9H2,2-3H3,(H,15,17)/t10-,11?/m0/s1. The van der Waals surface area contributed by atoms with Gasteiger partial charge in [0.05, 0.1) is 12.6 Å². The van der Waals surface area contributed by atoms with E-state index < -0.39 is 12.2 Å². The number of amides is 1. The monoisotopic (exact) mass is 247 g/mol. The summed E-state index contributed by atoms with van der Waals surface area (Å²) in [4.78, 5) is 11.5. The van der Waals surface area contributed by atoms with Gasteiger partial charge in [-0.05, 0) is 31.5 Å². The molecular formula is C14H17NO3. The predicted molar refractivity (Wildman–Crippen MR) is 69.0 cm³/mol. The molecule has 0 aliphatic rings. The van der Waals surface area contributed by atoms with Gasteiger partial charge in [-0.15, -0.1) is 6.42 Å². The molecule has 1 aromatic carbocycles. The first-order valence-corrected chi connectivity index (χ1v) is 5.70. The van der Waals surface area contributed by atoms with Crippen molar-refractivity contribution in [2.75, 3.05) is 6.54 Å². The summed E-state index contributed by atoms with van der Waals surface area (Å²) in [5.41, 5.74) is 0.798. The lowest BCUT2D eigenvalue weighted by Crippen LogP contribution is -2.36. The topological polar surface area (TPSA) is 58.6 Å². The van der Waals surface area contributed by atoms with Crippen LogP contribution in [-0.2, 0) is 4.79 Å². The minimum Gasteiger partial charge on any atom is -0.481 e. The molecule has 0 aliphatic heterocycles. The van der Waals surface area contributed by atoms with E-state index in [1.165, 1.54) is 0 Å². The molecule has 1 aromatic rings. The van der Waals surface area contributed by atoms with Gasteiger partial charge in [0, 0.05) is 0 Å². The fourth-order valence-corrected chi connectivity index (χ4v) is 1.36. The van der Waals surface area contributed by atoms with Crippen LogP contribution < -0.4 is 10.1 Å². The molecule has 0 spiro atoms. The van der Waals surface area contributed by atoms with Crippen molar-refractivity contribution in [2.45, 2.75) is 26.1 Å². The Bertz CT molecular complexity index is 431. The zero-order valence-electron chi connectivity index (χ0n) is 10.5. The van der Waals surface area contributed by atoms with Crippen LogP contribution in [0, 0.1) is 12.3 Å². The summed E-state index contributed by atoms with van der Waals surface area (Å²) in [7, 11) is 0. The van der Waals surface area contributed by atoms with Gasteiger partial charge in [0.1, 0.15) is 5.75 Å². The van der Waals surface area contributed by atoms with Gasteiger partial charge in [-0.25, -0.2) is 0 Å². The first-order valence-electron chi connectivity index (χ1n) is 5.70. The molecule has 4 nitrogen and oxygen atoms in total. The van der Waals surface area contributed by atoms with Crippen LogP contribution in [-0.4, -0.2) is 23.7 Å². The van der Waals surface area contributed by atoms with E-state index in [4.69, 9.17) is 11.2 Å². The molecule has 0 fully saturated rings. The number of rotatable bonds is 5. The Morgan fingerprint density at radius 3 is 2.56 bits per heavy atom. The molecule has 0 saturated heterocycles. The average Bonchev–Trinajstić information content (AvgIpc) is 2.36. The van der Waals surface area contributed by atoms with Crippen LogP contribution in [0.4, 0.5) is 0 Å². The van der Waals surface area contributed by atoms with Crippen LogP contribution in [0.15, 0.2) is 24.3 Å². The summed E-state index contributed by atoms with van der Waals surface area (Å²) in [6.45, 7) is 3.52. The van der Waals surface area contributed by atoms with Crippen molar-refractivity contribution in [1.82, 2.24) is 5.32 Å². The number of aliphatic hydroxyl groups excluding tert-OH is 1. The van der Waals surface area contributed by atoms with Gasteiger partial charge >= 0.3 is 0 Å². The lowest BCUT2D eigenvalue weighted by Gasteiger charge is -2.14. The third-order valence-electron chi connectivity index (χ3n) is 2.41. The molecule has 1 unspecified atom stereocenters. The van der Waals surface area contributed by atoms with Crippen LogP contribution in [0.5, 0.6) is 5.75 Å². The maximum atomic E-state index is 11.5. The Kier molecular flexibility index (Phi) is 5.22. The van der Waals surface area contributed by atoms with Gasteiger partial charge in [-0.2, -0.15) is 0 Å². The van der Waals surface area contributed by atoms with E-state index in [0.717, 1.165) is 5.56 Å². The summed E-state index contributed by atoms with van der Waals surface area (Å²) in [6, 6.07) is 6.94. The number of benzene rings is 1. The highest BCUT2D eigenvalue weighted by molar-refractivity contribution is 5.80. The maximum Gasteiger partial charge on any atom is 0.261 e. The van der Waals surface area contributed by atoms with E-state index in [1.54, 1.807) is 38.1 Å².